The molecule has 2 aromatic heterocycles. The Morgan fingerprint density at radius 3 is 2.65 bits per heavy atom. The van der Waals surface area contributed by atoms with Crippen molar-refractivity contribution in [3.63, 3.8) is 0 Å². The number of rotatable bonds is 6. The van der Waals surface area contributed by atoms with Crippen molar-refractivity contribution in [3.05, 3.63) is 59.1 Å². The van der Waals surface area contributed by atoms with E-state index in [1.54, 1.807) is 18.4 Å². The Balaban J connectivity index is 1.27. The van der Waals surface area contributed by atoms with Gasteiger partial charge in [-0.15, -0.1) is 11.3 Å². The summed E-state index contributed by atoms with van der Waals surface area (Å²) in [4.78, 5) is 12.3. The average Bonchev–Trinajstić information content (AvgIpc) is 3.06. The molecule has 1 saturated heterocycles. The molecule has 0 spiro atoms. The van der Waals surface area contributed by atoms with E-state index in [2.05, 4.69) is 55.8 Å². The Labute approximate surface area is 188 Å². The molecule has 1 unspecified atom stereocenters. The number of aliphatic imine (C=N–C) groups is 1. The number of aromatic nitrogens is 1. The van der Waals surface area contributed by atoms with Crippen molar-refractivity contribution in [2.45, 2.75) is 38.3 Å². The SMILES string of the molecule is CN=C(NCc1ccc(N2CCCCCC2)nc1)NCC(O)c1cc2ccccc2s1. The first-order chi connectivity index (χ1) is 15.2. The molecule has 3 heterocycles. The van der Waals surface area contributed by atoms with E-state index in [1.165, 1.54) is 35.8 Å². The van der Waals surface area contributed by atoms with Gasteiger partial charge in [0.2, 0.25) is 0 Å². The monoisotopic (exact) mass is 437 g/mol. The summed E-state index contributed by atoms with van der Waals surface area (Å²) in [6.07, 6.45) is 6.50. The summed E-state index contributed by atoms with van der Waals surface area (Å²) in [5.41, 5.74) is 1.10. The highest BCUT2D eigenvalue weighted by Crippen LogP contribution is 2.29. The molecule has 0 bridgehead atoms. The lowest BCUT2D eigenvalue weighted by Gasteiger charge is -2.21. The van der Waals surface area contributed by atoms with Crippen molar-refractivity contribution in [3.8, 4) is 0 Å². The fourth-order valence-electron chi connectivity index (χ4n) is 3.88. The molecule has 1 aromatic carbocycles. The van der Waals surface area contributed by atoms with Crippen LogP contribution in [-0.4, -0.2) is 42.7 Å². The Bertz CT molecular complexity index is 960. The molecule has 1 atom stereocenters. The summed E-state index contributed by atoms with van der Waals surface area (Å²) < 4.78 is 1.19. The van der Waals surface area contributed by atoms with Crippen LogP contribution in [0.4, 0.5) is 5.82 Å². The van der Waals surface area contributed by atoms with Gasteiger partial charge in [-0.2, -0.15) is 0 Å². The number of guanidine groups is 1. The molecule has 4 rings (SSSR count). The molecule has 1 aliphatic rings. The van der Waals surface area contributed by atoms with Crippen molar-refractivity contribution in [1.29, 1.82) is 0 Å². The lowest BCUT2D eigenvalue weighted by molar-refractivity contribution is 0.184. The largest absolute Gasteiger partial charge is 0.386 e. The highest BCUT2D eigenvalue weighted by atomic mass is 32.1. The van der Waals surface area contributed by atoms with Gasteiger partial charge in [-0.1, -0.05) is 37.1 Å². The Hall–Kier alpha value is -2.64. The van der Waals surface area contributed by atoms with Gasteiger partial charge in [-0.25, -0.2) is 4.98 Å². The second-order valence-electron chi connectivity index (χ2n) is 7.93. The van der Waals surface area contributed by atoms with Crippen LogP contribution >= 0.6 is 11.3 Å². The van der Waals surface area contributed by atoms with E-state index in [1.807, 2.05) is 18.3 Å². The Kier molecular flexibility index (Phi) is 7.38. The molecule has 7 heteroatoms. The molecule has 3 aromatic rings. The van der Waals surface area contributed by atoms with E-state index in [4.69, 9.17) is 0 Å². The van der Waals surface area contributed by atoms with Gasteiger partial charge >= 0.3 is 0 Å². The number of thiophene rings is 1. The van der Waals surface area contributed by atoms with Gasteiger partial charge in [0.25, 0.3) is 0 Å². The molecular weight excluding hydrogens is 406 g/mol. The summed E-state index contributed by atoms with van der Waals surface area (Å²) in [5, 5.41) is 18.3. The number of pyridine rings is 1. The molecule has 0 radical (unpaired) electrons. The number of fused-ring (bicyclic) bond motifs is 1. The zero-order chi connectivity index (χ0) is 21.5. The molecule has 0 amide bonds. The third kappa shape index (κ3) is 5.74. The molecule has 1 aliphatic heterocycles. The molecular formula is C24H31N5OS. The van der Waals surface area contributed by atoms with Gasteiger partial charge < -0.3 is 20.6 Å². The maximum Gasteiger partial charge on any atom is 0.191 e. The van der Waals surface area contributed by atoms with Crippen LogP contribution in [0.25, 0.3) is 10.1 Å². The van der Waals surface area contributed by atoms with E-state index >= 15 is 0 Å². The maximum atomic E-state index is 10.6. The number of anilines is 1. The Morgan fingerprint density at radius 1 is 1.13 bits per heavy atom. The topological polar surface area (TPSA) is 72.8 Å². The third-order valence-electron chi connectivity index (χ3n) is 5.66. The standard InChI is InChI=1S/C24H31N5OS/c1-25-24(28-17-20(30)22-14-19-8-4-5-9-21(19)31-22)27-16-18-10-11-23(26-15-18)29-12-6-2-3-7-13-29/h4-5,8-11,14-15,20,30H,2-3,6-7,12-13,16-17H2,1H3,(H2,25,27,28). The Morgan fingerprint density at radius 2 is 1.94 bits per heavy atom. The first-order valence-electron chi connectivity index (χ1n) is 11.0. The molecule has 0 aliphatic carbocycles. The minimum absolute atomic E-state index is 0.401. The molecule has 31 heavy (non-hydrogen) atoms. The van der Waals surface area contributed by atoms with Crippen LogP contribution in [0.2, 0.25) is 0 Å². The summed E-state index contributed by atoms with van der Waals surface area (Å²) in [6.45, 7) is 3.23. The van der Waals surface area contributed by atoms with Gasteiger partial charge in [0.1, 0.15) is 11.9 Å². The maximum absolute atomic E-state index is 10.6. The summed E-state index contributed by atoms with van der Waals surface area (Å²) in [5.74, 6) is 1.73. The van der Waals surface area contributed by atoms with Crippen molar-refractivity contribution in [2.24, 2.45) is 4.99 Å². The number of hydrogen-bond donors (Lipinski definition) is 3. The van der Waals surface area contributed by atoms with Gasteiger partial charge in [0.05, 0.1) is 0 Å². The van der Waals surface area contributed by atoms with Crippen LogP contribution < -0.4 is 15.5 Å². The van der Waals surface area contributed by atoms with E-state index in [9.17, 15) is 5.11 Å². The van der Waals surface area contributed by atoms with Crippen LogP contribution in [0.3, 0.4) is 0 Å². The quantitative estimate of drug-likeness (QED) is 0.400. The summed E-state index contributed by atoms with van der Waals surface area (Å²) in [6, 6.07) is 14.5. The number of hydrogen-bond acceptors (Lipinski definition) is 5. The minimum atomic E-state index is -0.578. The number of benzene rings is 1. The van der Waals surface area contributed by atoms with Gasteiger partial charge in [0, 0.05) is 49.0 Å². The van der Waals surface area contributed by atoms with E-state index in [0.717, 1.165) is 29.3 Å². The lowest BCUT2D eigenvalue weighted by atomic mass is 10.2. The second-order valence-corrected chi connectivity index (χ2v) is 9.05. The van der Waals surface area contributed by atoms with Crippen molar-refractivity contribution >= 4 is 33.2 Å². The summed E-state index contributed by atoms with van der Waals surface area (Å²) in [7, 11) is 1.74. The molecule has 3 N–H and O–H groups in total. The van der Waals surface area contributed by atoms with Gasteiger partial charge in [-0.05, 0) is 42.0 Å². The highest BCUT2D eigenvalue weighted by molar-refractivity contribution is 7.19. The first kappa shape index (κ1) is 21.6. The lowest BCUT2D eigenvalue weighted by Crippen LogP contribution is -2.38. The number of nitrogens with one attached hydrogen (secondary N) is 2. The fraction of sp³-hybridized carbons (Fsp3) is 0.417. The number of aliphatic hydroxyl groups excluding tert-OH is 1. The minimum Gasteiger partial charge on any atom is -0.386 e. The third-order valence-corrected chi connectivity index (χ3v) is 6.88. The fourth-order valence-corrected chi connectivity index (χ4v) is 4.93. The average molecular weight is 438 g/mol. The molecule has 6 nitrogen and oxygen atoms in total. The smallest absolute Gasteiger partial charge is 0.191 e. The van der Waals surface area contributed by atoms with Crippen LogP contribution in [0.5, 0.6) is 0 Å². The zero-order valence-corrected chi connectivity index (χ0v) is 18.9. The highest BCUT2D eigenvalue weighted by Gasteiger charge is 2.13. The van der Waals surface area contributed by atoms with E-state index < -0.39 is 6.10 Å². The predicted octanol–water partition coefficient (Wildman–Crippen LogP) is 4.08. The predicted molar refractivity (Wildman–Crippen MR) is 130 cm³/mol. The molecule has 1 fully saturated rings. The molecule has 164 valence electrons. The van der Waals surface area contributed by atoms with E-state index in [-0.39, 0.29) is 0 Å². The van der Waals surface area contributed by atoms with Gasteiger partial charge in [0.15, 0.2) is 5.96 Å². The zero-order valence-electron chi connectivity index (χ0n) is 18.1. The van der Waals surface area contributed by atoms with Crippen LogP contribution in [-0.2, 0) is 6.54 Å². The number of aliphatic hydroxyl groups is 1. The van der Waals surface area contributed by atoms with E-state index in [0.29, 0.717) is 19.0 Å². The normalized spacial score (nSPS) is 16.2. The van der Waals surface area contributed by atoms with Crippen molar-refractivity contribution in [2.75, 3.05) is 31.6 Å². The van der Waals surface area contributed by atoms with Crippen molar-refractivity contribution < 1.29 is 5.11 Å². The van der Waals surface area contributed by atoms with Crippen molar-refractivity contribution in [1.82, 2.24) is 15.6 Å². The summed E-state index contributed by atoms with van der Waals surface area (Å²) >= 11 is 1.63. The molecule has 0 saturated carbocycles. The number of nitrogens with zero attached hydrogens (tertiary/aromatic N) is 3. The second kappa shape index (κ2) is 10.6. The van der Waals surface area contributed by atoms with Gasteiger partial charge in [-0.3, -0.25) is 4.99 Å². The first-order valence-corrected chi connectivity index (χ1v) is 11.9. The van der Waals surface area contributed by atoms with Crippen LogP contribution in [0.15, 0.2) is 53.7 Å². The van der Waals surface area contributed by atoms with Crippen LogP contribution in [0.1, 0.15) is 42.2 Å². The van der Waals surface area contributed by atoms with Crippen LogP contribution in [0, 0.1) is 0 Å².